The number of aryl methyl sites for hydroxylation is 1. The third-order valence-corrected chi connectivity index (χ3v) is 4.16. The zero-order chi connectivity index (χ0) is 15.7. The summed E-state index contributed by atoms with van der Waals surface area (Å²) >= 11 is 4.90. The fourth-order valence-electron chi connectivity index (χ4n) is 1.51. The van der Waals surface area contributed by atoms with Gasteiger partial charge in [-0.3, -0.25) is 11.8 Å². The molecule has 0 saturated heterocycles. The van der Waals surface area contributed by atoms with E-state index in [-0.39, 0.29) is 34.5 Å². The molecule has 0 amide bonds. The number of hydrogen-bond acceptors (Lipinski definition) is 3. The van der Waals surface area contributed by atoms with E-state index in [1.165, 1.54) is 17.8 Å². The summed E-state index contributed by atoms with van der Waals surface area (Å²) in [6.45, 7) is 4.95. The molecular formula is C15H18ClN2NaO2S. The standard InChI is InChI=1S/C8H11N.C7H7ClNO2S.Na/c1-2-9-8-6-4-3-5-7-8;1-6-2-4-7(5-3-6)12(10,11)9-8;/h3-7,9H,2H2,1H3;2-5H,1H3;/q;-1;+1. The topological polar surface area (TPSA) is 60.3 Å². The number of hydrogen-bond donors (Lipinski definition) is 1. The number of anilines is 1. The quantitative estimate of drug-likeness (QED) is 0.848. The van der Waals surface area contributed by atoms with E-state index in [4.69, 9.17) is 11.8 Å². The largest absolute Gasteiger partial charge is 1.00 e. The van der Waals surface area contributed by atoms with Crippen LogP contribution in [-0.2, 0) is 10.0 Å². The van der Waals surface area contributed by atoms with Crippen molar-refractivity contribution >= 4 is 27.5 Å². The second-order valence-electron chi connectivity index (χ2n) is 4.25. The summed E-state index contributed by atoms with van der Waals surface area (Å²) in [5.74, 6) is 0. The van der Waals surface area contributed by atoms with Gasteiger partial charge < -0.3 is 9.56 Å². The number of halogens is 1. The molecule has 22 heavy (non-hydrogen) atoms. The molecule has 0 unspecified atom stereocenters. The van der Waals surface area contributed by atoms with Crippen LogP contribution in [-0.4, -0.2) is 15.0 Å². The molecule has 1 N–H and O–H groups in total. The average molecular weight is 349 g/mol. The van der Waals surface area contributed by atoms with Crippen LogP contribution >= 0.6 is 11.8 Å². The summed E-state index contributed by atoms with van der Waals surface area (Å²) in [7, 11) is -3.62. The smallest absolute Gasteiger partial charge is 0.458 e. The van der Waals surface area contributed by atoms with Gasteiger partial charge in [-0.25, -0.2) is 8.42 Å². The number of nitrogens with one attached hydrogen (secondary N) is 1. The molecule has 0 bridgehead atoms. The van der Waals surface area contributed by atoms with Crippen LogP contribution in [0.4, 0.5) is 5.69 Å². The first-order chi connectivity index (χ1) is 9.99. The number of sulfonamides is 1. The number of para-hydroxylation sites is 1. The summed E-state index contributed by atoms with van der Waals surface area (Å²) in [6.07, 6.45) is 0. The molecule has 114 valence electrons. The first kappa shape index (κ1) is 21.4. The van der Waals surface area contributed by atoms with E-state index < -0.39 is 10.0 Å². The zero-order valence-corrected chi connectivity index (χ0v) is 16.5. The van der Waals surface area contributed by atoms with Crippen molar-refractivity contribution in [1.82, 2.24) is 0 Å². The number of nitrogens with zero attached hydrogens (tertiary/aromatic N) is 1. The maximum Gasteiger partial charge on any atom is 1.00 e. The van der Waals surface area contributed by atoms with Crippen molar-refractivity contribution in [1.29, 1.82) is 0 Å². The van der Waals surface area contributed by atoms with E-state index in [1.807, 2.05) is 25.1 Å². The van der Waals surface area contributed by atoms with Crippen LogP contribution < -0.4 is 34.9 Å². The molecule has 0 spiro atoms. The van der Waals surface area contributed by atoms with Crippen LogP contribution in [0.5, 0.6) is 0 Å². The monoisotopic (exact) mass is 348 g/mol. The maximum atomic E-state index is 11.0. The normalized spacial score (nSPS) is 9.95. The van der Waals surface area contributed by atoms with Gasteiger partial charge >= 0.3 is 29.6 Å². The Morgan fingerprint density at radius 1 is 1.05 bits per heavy atom. The minimum atomic E-state index is -3.62. The zero-order valence-electron chi connectivity index (χ0n) is 13.0. The molecule has 0 saturated carbocycles. The molecule has 2 aromatic carbocycles. The van der Waals surface area contributed by atoms with E-state index in [0.29, 0.717) is 0 Å². The summed E-state index contributed by atoms with van der Waals surface area (Å²) in [6, 6.07) is 16.5. The van der Waals surface area contributed by atoms with E-state index >= 15 is 0 Å². The number of benzene rings is 2. The Morgan fingerprint density at radius 3 is 2.05 bits per heavy atom. The fraction of sp³-hybridized carbons (Fsp3) is 0.200. The van der Waals surface area contributed by atoms with Gasteiger partial charge in [0, 0.05) is 17.1 Å². The second-order valence-corrected chi connectivity index (χ2v) is 6.23. The Balaban J connectivity index is 0.000000397. The third-order valence-electron chi connectivity index (χ3n) is 2.56. The van der Waals surface area contributed by atoms with Gasteiger partial charge in [0.1, 0.15) is 10.0 Å². The van der Waals surface area contributed by atoms with Crippen molar-refractivity contribution in [3.8, 4) is 0 Å². The van der Waals surface area contributed by atoms with E-state index in [0.717, 1.165) is 12.1 Å². The minimum Gasteiger partial charge on any atom is -0.458 e. The van der Waals surface area contributed by atoms with Gasteiger partial charge in [0.15, 0.2) is 0 Å². The van der Waals surface area contributed by atoms with Gasteiger partial charge in [-0.2, -0.15) is 0 Å². The Bertz CT molecular complexity index is 634. The first-order valence-corrected chi connectivity index (χ1v) is 8.21. The maximum absolute atomic E-state index is 11.0. The van der Waals surface area contributed by atoms with Gasteiger partial charge in [0.05, 0.1) is 0 Å². The molecule has 0 atom stereocenters. The van der Waals surface area contributed by atoms with Crippen LogP contribution in [0.1, 0.15) is 12.5 Å². The summed E-state index contributed by atoms with van der Waals surface area (Å²) in [5, 5.41) is 3.21. The van der Waals surface area contributed by atoms with E-state index in [1.54, 1.807) is 12.1 Å². The molecular weight excluding hydrogens is 331 g/mol. The Hall–Kier alpha value is -0.560. The van der Waals surface area contributed by atoms with Crippen LogP contribution in [0.25, 0.3) is 4.24 Å². The molecule has 0 aliphatic carbocycles. The number of rotatable bonds is 4. The van der Waals surface area contributed by atoms with Crippen molar-refractivity contribution in [3.05, 3.63) is 64.4 Å². The second kappa shape index (κ2) is 11.0. The Labute approximate surface area is 159 Å². The Morgan fingerprint density at radius 2 is 1.59 bits per heavy atom. The van der Waals surface area contributed by atoms with Crippen LogP contribution in [0.3, 0.4) is 0 Å². The molecule has 2 aromatic rings. The van der Waals surface area contributed by atoms with Crippen molar-refractivity contribution in [2.24, 2.45) is 0 Å². The average Bonchev–Trinajstić information content (AvgIpc) is 2.50. The van der Waals surface area contributed by atoms with E-state index in [9.17, 15) is 8.42 Å². The van der Waals surface area contributed by atoms with Gasteiger partial charge in [0.2, 0.25) is 0 Å². The summed E-state index contributed by atoms with van der Waals surface area (Å²) in [5.41, 5.74) is 2.18. The predicted molar refractivity (Wildman–Crippen MR) is 88.2 cm³/mol. The SMILES string of the molecule is CCNc1ccccc1.Cc1ccc(S(=O)(=O)[N-]Cl)cc1.[Na+]. The minimum absolute atomic E-state index is 0. The molecule has 0 aliphatic heterocycles. The molecule has 2 rings (SSSR count). The van der Waals surface area contributed by atoms with Crippen LogP contribution in [0.15, 0.2) is 59.5 Å². The van der Waals surface area contributed by atoms with Gasteiger partial charge in [-0.05, 0) is 38.1 Å². The van der Waals surface area contributed by atoms with Crippen molar-refractivity contribution in [3.63, 3.8) is 0 Å². The van der Waals surface area contributed by atoms with Crippen LogP contribution in [0.2, 0.25) is 0 Å². The molecule has 0 heterocycles. The fourth-order valence-corrected chi connectivity index (χ4v) is 2.31. The van der Waals surface area contributed by atoms with Crippen molar-refractivity contribution < 1.29 is 38.0 Å². The molecule has 0 aromatic heterocycles. The van der Waals surface area contributed by atoms with E-state index in [2.05, 4.69) is 28.6 Å². The molecule has 7 heteroatoms. The van der Waals surface area contributed by atoms with Crippen molar-refractivity contribution in [2.45, 2.75) is 18.7 Å². The molecule has 0 radical (unpaired) electrons. The molecule has 0 fully saturated rings. The molecule has 4 nitrogen and oxygen atoms in total. The van der Waals surface area contributed by atoms with Gasteiger partial charge in [-0.15, -0.1) is 0 Å². The summed E-state index contributed by atoms with van der Waals surface area (Å²) < 4.78 is 24.8. The van der Waals surface area contributed by atoms with Crippen molar-refractivity contribution in [2.75, 3.05) is 11.9 Å². The third kappa shape index (κ3) is 7.63. The van der Waals surface area contributed by atoms with Gasteiger partial charge in [-0.1, -0.05) is 35.9 Å². The summed E-state index contributed by atoms with van der Waals surface area (Å²) in [4.78, 5) is 0.114. The Kier molecular flexibility index (Phi) is 10.8. The first-order valence-electron chi connectivity index (χ1n) is 6.43. The molecule has 0 aliphatic rings. The van der Waals surface area contributed by atoms with Crippen LogP contribution in [0, 0.1) is 6.92 Å². The predicted octanol–water partition coefficient (Wildman–Crippen LogP) is 1.33. The van der Waals surface area contributed by atoms with Gasteiger partial charge in [0.25, 0.3) is 0 Å².